The molecule has 0 bridgehead atoms. The summed E-state index contributed by atoms with van der Waals surface area (Å²) in [5.74, 6) is 0. The molecular weight excluding hydrogens is 152 g/mol. The summed E-state index contributed by atoms with van der Waals surface area (Å²) in [4.78, 5) is 9.75. The summed E-state index contributed by atoms with van der Waals surface area (Å²) in [6, 6.07) is 0. The predicted octanol–water partition coefficient (Wildman–Crippen LogP) is 2.69. The van der Waals surface area contributed by atoms with Crippen molar-refractivity contribution in [3.8, 4) is 0 Å². The fraction of sp³-hybridized carbons (Fsp3) is 0.700. The van der Waals surface area contributed by atoms with E-state index in [-0.39, 0.29) is 0 Å². The molecule has 0 heterocycles. The first-order chi connectivity index (χ1) is 5.91. The van der Waals surface area contributed by atoms with E-state index < -0.39 is 0 Å². The Morgan fingerprint density at radius 3 is 2.58 bits per heavy atom. The molecule has 0 rings (SSSR count). The van der Waals surface area contributed by atoms with E-state index >= 15 is 0 Å². The molecule has 2 nitrogen and oxygen atoms in total. The van der Waals surface area contributed by atoms with Crippen LogP contribution in [0, 0.1) is 0 Å². The van der Waals surface area contributed by atoms with E-state index in [9.17, 15) is 4.79 Å². The van der Waals surface area contributed by atoms with Gasteiger partial charge in [0.1, 0.15) is 0 Å². The Labute approximate surface area is 74.6 Å². The van der Waals surface area contributed by atoms with Gasteiger partial charge in [-0.2, -0.15) is 0 Å². The van der Waals surface area contributed by atoms with Crippen molar-refractivity contribution in [1.29, 1.82) is 0 Å². The van der Waals surface area contributed by atoms with Crippen LogP contribution in [-0.4, -0.2) is 13.1 Å². The molecule has 0 aliphatic carbocycles. The van der Waals surface area contributed by atoms with Gasteiger partial charge in [-0.1, -0.05) is 25.0 Å². The first-order valence-electron chi connectivity index (χ1n) is 4.58. The SMILES string of the molecule is C/C=C/CCCCCCOC=O. The fourth-order valence-electron chi connectivity index (χ4n) is 1.02. The highest BCUT2D eigenvalue weighted by atomic mass is 16.5. The van der Waals surface area contributed by atoms with Crippen molar-refractivity contribution in [2.24, 2.45) is 0 Å². The number of ether oxygens (including phenoxy) is 1. The van der Waals surface area contributed by atoms with Crippen LogP contribution in [-0.2, 0) is 9.53 Å². The second kappa shape index (κ2) is 10.2. The van der Waals surface area contributed by atoms with Gasteiger partial charge in [0.05, 0.1) is 6.61 Å². The lowest BCUT2D eigenvalue weighted by atomic mass is 10.1. The third-order valence-electron chi connectivity index (χ3n) is 1.69. The molecule has 0 saturated heterocycles. The minimum Gasteiger partial charge on any atom is -0.468 e. The molecule has 0 aromatic carbocycles. The van der Waals surface area contributed by atoms with Crippen molar-refractivity contribution in [2.75, 3.05) is 6.61 Å². The summed E-state index contributed by atoms with van der Waals surface area (Å²) in [5.41, 5.74) is 0. The zero-order chi connectivity index (χ0) is 9.07. The third-order valence-corrected chi connectivity index (χ3v) is 1.69. The molecule has 0 aromatic rings. The van der Waals surface area contributed by atoms with E-state index in [1.165, 1.54) is 19.3 Å². The van der Waals surface area contributed by atoms with E-state index in [4.69, 9.17) is 0 Å². The van der Waals surface area contributed by atoms with Crippen LogP contribution < -0.4 is 0 Å². The normalized spacial score (nSPS) is 10.4. The molecule has 0 radical (unpaired) electrons. The topological polar surface area (TPSA) is 26.3 Å². The van der Waals surface area contributed by atoms with Crippen molar-refractivity contribution in [3.63, 3.8) is 0 Å². The molecule has 0 fully saturated rings. The molecule has 0 unspecified atom stereocenters. The van der Waals surface area contributed by atoms with Gasteiger partial charge >= 0.3 is 0 Å². The third kappa shape index (κ3) is 9.21. The standard InChI is InChI=1S/C10H18O2/c1-2-3-4-5-6-7-8-9-12-10-11/h2-3,10H,4-9H2,1H3/b3-2+. The average molecular weight is 170 g/mol. The minimum absolute atomic E-state index is 0.514. The smallest absolute Gasteiger partial charge is 0.293 e. The van der Waals surface area contributed by atoms with Gasteiger partial charge < -0.3 is 4.74 Å². The van der Waals surface area contributed by atoms with Crippen LogP contribution in [0.4, 0.5) is 0 Å². The van der Waals surface area contributed by atoms with Crippen molar-refractivity contribution < 1.29 is 9.53 Å². The molecule has 12 heavy (non-hydrogen) atoms. The number of rotatable bonds is 8. The van der Waals surface area contributed by atoms with Gasteiger partial charge in [-0.15, -0.1) is 0 Å². The van der Waals surface area contributed by atoms with E-state index in [1.807, 2.05) is 6.92 Å². The highest BCUT2D eigenvalue weighted by molar-refractivity contribution is 5.36. The molecule has 0 N–H and O–H groups in total. The maximum absolute atomic E-state index is 9.75. The fourth-order valence-corrected chi connectivity index (χ4v) is 1.02. The summed E-state index contributed by atoms with van der Waals surface area (Å²) in [7, 11) is 0. The number of hydrogen-bond donors (Lipinski definition) is 0. The van der Waals surface area contributed by atoms with Gasteiger partial charge in [-0.25, -0.2) is 0 Å². The maximum atomic E-state index is 9.75. The van der Waals surface area contributed by atoms with Gasteiger partial charge in [-0.05, 0) is 26.2 Å². The Morgan fingerprint density at radius 2 is 1.92 bits per heavy atom. The Bertz CT molecular complexity index is 119. The van der Waals surface area contributed by atoms with E-state index in [1.54, 1.807) is 0 Å². The van der Waals surface area contributed by atoms with Gasteiger partial charge in [0, 0.05) is 0 Å². The zero-order valence-corrected chi connectivity index (χ0v) is 7.79. The molecule has 70 valence electrons. The second-order valence-electron chi connectivity index (χ2n) is 2.74. The largest absolute Gasteiger partial charge is 0.468 e. The molecule has 0 saturated carbocycles. The van der Waals surface area contributed by atoms with Crippen molar-refractivity contribution >= 4 is 6.47 Å². The summed E-state index contributed by atoms with van der Waals surface area (Å²) in [6.07, 6.45) is 10.1. The summed E-state index contributed by atoms with van der Waals surface area (Å²) in [5, 5.41) is 0. The Balaban J connectivity index is 2.86. The van der Waals surface area contributed by atoms with Crippen LogP contribution in [0.1, 0.15) is 39.0 Å². The van der Waals surface area contributed by atoms with Crippen molar-refractivity contribution in [3.05, 3.63) is 12.2 Å². The molecule has 0 aliphatic heterocycles. The maximum Gasteiger partial charge on any atom is 0.293 e. The van der Waals surface area contributed by atoms with E-state index in [2.05, 4.69) is 16.9 Å². The lowest BCUT2D eigenvalue weighted by molar-refractivity contribution is -0.128. The Kier molecular flexibility index (Phi) is 9.54. The van der Waals surface area contributed by atoms with Crippen LogP contribution >= 0.6 is 0 Å². The first kappa shape index (κ1) is 11.2. The van der Waals surface area contributed by atoms with Crippen molar-refractivity contribution in [2.45, 2.75) is 39.0 Å². The molecule has 0 atom stereocenters. The number of hydrogen-bond acceptors (Lipinski definition) is 2. The number of unbranched alkanes of at least 4 members (excludes halogenated alkanes) is 4. The summed E-state index contributed by atoms with van der Waals surface area (Å²) < 4.78 is 4.57. The lowest BCUT2D eigenvalue weighted by Crippen LogP contribution is -1.90. The molecule has 0 aliphatic rings. The molecule has 0 aromatic heterocycles. The minimum atomic E-state index is 0.514. The highest BCUT2D eigenvalue weighted by Gasteiger charge is 1.88. The van der Waals surface area contributed by atoms with Crippen LogP contribution in [0.25, 0.3) is 0 Å². The second-order valence-corrected chi connectivity index (χ2v) is 2.74. The summed E-state index contributed by atoms with van der Waals surface area (Å²) >= 11 is 0. The zero-order valence-electron chi connectivity index (χ0n) is 7.79. The number of carbonyl (C=O) groups excluding carboxylic acids is 1. The highest BCUT2D eigenvalue weighted by Crippen LogP contribution is 2.03. The molecule has 2 heteroatoms. The van der Waals surface area contributed by atoms with Gasteiger partial charge in [0.2, 0.25) is 0 Å². The number of allylic oxidation sites excluding steroid dienone is 2. The summed E-state index contributed by atoms with van der Waals surface area (Å²) in [6.45, 7) is 3.13. The van der Waals surface area contributed by atoms with Gasteiger partial charge in [-0.3, -0.25) is 4.79 Å². The van der Waals surface area contributed by atoms with E-state index in [0.717, 1.165) is 12.8 Å². The quantitative estimate of drug-likeness (QED) is 0.318. The molecule has 0 spiro atoms. The van der Waals surface area contributed by atoms with Crippen LogP contribution in [0.2, 0.25) is 0 Å². The first-order valence-corrected chi connectivity index (χ1v) is 4.58. The van der Waals surface area contributed by atoms with Crippen LogP contribution in [0.3, 0.4) is 0 Å². The van der Waals surface area contributed by atoms with Crippen LogP contribution in [0.15, 0.2) is 12.2 Å². The predicted molar refractivity (Wildman–Crippen MR) is 49.9 cm³/mol. The average Bonchev–Trinajstić information content (AvgIpc) is 2.10. The Hall–Kier alpha value is -0.790. The molecule has 0 amide bonds. The lowest BCUT2D eigenvalue weighted by Gasteiger charge is -1.98. The number of carbonyl (C=O) groups is 1. The Morgan fingerprint density at radius 1 is 1.17 bits per heavy atom. The van der Waals surface area contributed by atoms with Crippen molar-refractivity contribution in [1.82, 2.24) is 0 Å². The molecular formula is C10H18O2. The monoisotopic (exact) mass is 170 g/mol. The van der Waals surface area contributed by atoms with Gasteiger partial charge in [0.15, 0.2) is 0 Å². The van der Waals surface area contributed by atoms with Crippen LogP contribution in [0.5, 0.6) is 0 Å². The van der Waals surface area contributed by atoms with Gasteiger partial charge in [0.25, 0.3) is 6.47 Å². The van der Waals surface area contributed by atoms with E-state index in [0.29, 0.717) is 13.1 Å².